The van der Waals surface area contributed by atoms with Crippen LogP contribution < -0.4 is 10.2 Å². The molecule has 0 saturated carbocycles. The minimum Gasteiger partial charge on any atom is -0.461 e. The van der Waals surface area contributed by atoms with Gasteiger partial charge in [0.25, 0.3) is 0 Å². The van der Waals surface area contributed by atoms with Crippen LogP contribution in [0.15, 0.2) is 0 Å². The highest BCUT2D eigenvalue weighted by molar-refractivity contribution is 7.20. The van der Waals surface area contributed by atoms with Crippen molar-refractivity contribution < 1.29 is 9.53 Å². The maximum absolute atomic E-state index is 12.4. The Hall–Kier alpha value is -1.73. The summed E-state index contributed by atoms with van der Waals surface area (Å²) in [6, 6.07) is 0. The molecule has 1 fully saturated rings. The van der Waals surface area contributed by atoms with Gasteiger partial charge in [-0.25, -0.2) is 14.8 Å². The summed E-state index contributed by atoms with van der Waals surface area (Å²) in [5.74, 6) is 1.74. The maximum atomic E-state index is 12.4. The van der Waals surface area contributed by atoms with Gasteiger partial charge in [-0.15, -0.1) is 11.3 Å². The molecule has 2 aromatic heterocycles. The maximum Gasteiger partial charge on any atom is 0.348 e. The topological polar surface area (TPSA) is 67.4 Å². The lowest BCUT2D eigenvalue weighted by Crippen LogP contribution is -2.44. The van der Waals surface area contributed by atoms with Gasteiger partial charge in [-0.1, -0.05) is 13.8 Å². The fourth-order valence-corrected chi connectivity index (χ4v) is 3.94. The zero-order valence-electron chi connectivity index (χ0n) is 14.7. The third-order valence-electron chi connectivity index (χ3n) is 4.03. The van der Waals surface area contributed by atoms with Gasteiger partial charge in [0, 0.05) is 26.2 Å². The first kappa shape index (κ1) is 17.1. The van der Waals surface area contributed by atoms with Crippen molar-refractivity contribution in [1.29, 1.82) is 0 Å². The number of piperazine rings is 1. The first-order valence-corrected chi connectivity index (χ1v) is 9.19. The van der Waals surface area contributed by atoms with Gasteiger partial charge in [0.2, 0.25) is 0 Å². The van der Waals surface area contributed by atoms with Crippen molar-refractivity contribution in [2.45, 2.75) is 27.7 Å². The summed E-state index contributed by atoms with van der Waals surface area (Å²) < 4.78 is 5.42. The number of nitrogens with one attached hydrogen (secondary N) is 1. The van der Waals surface area contributed by atoms with Crippen molar-refractivity contribution in [1.82, 2.24) is 15.3 Å². The number of ether oxygens (including phenoxy) is 1. The summed E-state index contributed by atoms with van der Waals surface area (Å²) in [6.07, 6.45) is 0. The Balaban J connectivity index is 2.02. The minimum atomic E-state index is -0.256. The van der Waals surface area contributed by atoms with E-state index in [0.717, 1.165) is 53.6 Å². The molecule has 3 rings (SSSR count). The second-order valence-corrected chi connectivity index (χ2v) is 7.56. The molecule has 0 bridgehead atoms. The molecule has 7 heteroatoms. The van der Waals surface area contributed by atoms with Crippen LogP contribution in [0.2, 0.25) is 0 Å². The number of hydrogen-bond donors (Lipinski definition) is 1. The van der Waals surface area contributed by atoms with Crippen LogP contribution in [0.3, 0.4) is 0 Å². The lowest BCUT2D eigenvalue weighted by atomic mass is 10.2. The zero-order valence-corrected chi connectivity index (χ0v) is 15.5. The molecule has 24 heavy (non-hydrogen) atoms. The Bertz CT molecular complexity index is 751. The van der Waals surface area contributed by atoms with Crippen LogP contribution in [0, 0.1) is 19.8 Å². The SMILES string of the molecule is Cc1nc(N2CCNCC2)c2c(C)c(C(=O)OCC(C)C)sc2n1. The molecule has 3 heterocycles. The van der Waals surface area contributed by atoms with E-state index in [1.807, 2.05) is 27.7 Å². The monoisotopic (exact) mass is 348 g/mol. The molecule has 1 aliphatic heterocycles. The summed E-state index contributed by atoms with van der Waals surface area (Å²) >= 11 is 1.41. The molecular formula is C17H24N4O2S. The lowest BCUT2D eigenvalue weighted by molar-refractivity contribution is 0.0464. The van der Waals surface area contributed by atoms with Crippen LogP contribution in [-0.2, 0) is 4.74 Å². The van der Waals surface area contributed by atoms with Crippen molar-refractivity contribution in [2.24, 2.45) is 5.92 Å². The van der Waals surface area contributed by atoms with Gasteiger partial charge in [0.05, 0.1) is 12.0 Å². The van der Waals surface area contributed by atoms with Gasteiger partial charge in [-0.3, -0.25) is 0 Å². The molecule has 0 spiro atoms. The predicted octanol–water partition coefficient (Wildman–Crippen LogP) is 2.53. The number of rotatable bonds is 4. The van der Waals surface area contributed by atoms with Crippen LogP contribution in [0.4, 0.5) is 5.82 Å². The first-order chi connectivity index (χ1) is 11.5. The van der Waals surface area contributed by atoms with E-state index in [1.54, 1.807) is 0 Å². The number of hydrogen-bond acceptors (Lipinski definition) is 7. The zero-order chi connectivity index (χ0) is 17.3. The van der Waals surface area contributed by atoms with Gasteiger partial charge in [-0.05, 0) is 25.3 Å². The highest BCUT2D eigenvalue weighted by atomic mass is 32.1. The number of aromatic nitrogens is 2. The smallest absolute Gasteiger partial charge is 0.348 e. The van der Waals surface area contributed by atoms with Crippen LogP contribution in [-0.4, -0.2) is 48.7 Å². The molecule has 2 aromatic rings. The minimum absolute atomic E-state index is 0.256. The summed E-state index contributed by atoms with van der Waals surface area (Å²) in [6.45, 7) is 12.1. The molecule has 1 saturated heterocycles. The summed E-state index contributed by atoms with van der Waals surface area (Å²) in [5, 5.41) is 4.35. The van der Waals surface area contributed by atoms with E-state index < -0.39 is 0 Å². The van der Waals surface area contributed by atoms with Crippen molar-refractivity contribution in [3.63, 3.8) is 0 Å². The van der Waals surface area contributed by atoms with E-state index in [1.165, 1.54) is 11.3 Å². The van der Waals surface area contributed by atoms with E-state index >= 15 is 0 Å². The number of fused-ring (bicyclic) bond motifs is 1. The number of aryl methyl sites for hydroxylation is 2. The fourth-order valence-electron chi connectivity index (χ4n) is 2.83. The molecule has 1 aliphatic rings. The molecule has 130 valence electrons. The predicted molar refractivity (Wildman–Crippen MR) is 97.1 cm³/mol. The normalized spacial score (nSPS) is 15.3. The van der Waals surface area contributed by atoms with E-state index in [2.05, 4.69) is 20.2 Å². The summed E-state index contributed by atoms with van der Waals surface area (Å²) in [5.41, 5.74) is 0.928. The molecule has 0 aliphatic carbocycles. The molecule has 0 unspecified atom stereocenters. The van der Waals surface area contributed by atoms with Crippen LogP contribution in [0.1, 0.15) is 34.9 Å². The quantitative estimate of drug-likeness (QED) is 0.857. The van der Waals surface area contributed by atoms with Gasteiger partial charge < -0.3 is 15.0 Å². The number of esters is 1. The molecule has 6 nitrogen and oxygen atoms in total. The van der Waals surface area contributed by atoms with Crippen LogP contribution in [0.25, 0.3) is 10.2 Å². The molecule has 0 atom stereocenters. The number of carbonyl (C=O) groups excluding carboxylic acids is 1. The molecule has 1 N–H and O–H groups in total. The molecule has 0 amide bonds. The third kappa shape index (κ3) is 3.37. The van der Waals surface area contributed by atoms with E-state index in [4.69, 9.17) is 4.74 Å². The summed E-state index contributed by atoms with van der Waals surface area (Å²) in [7, 11) is 0. The Morgan fingerprint density at radius 2 is 2.00 bits per heavy atom. The Morgan fingerprint density at radius 1 is 1.29 bits per heavy atom. The van der Waals surface area contributed by atoms with Crippen molar-refractivity contribution in [2.75, 3.05) is 37.7 Å². The highest BCUT2D eigenvalue weighted by Crippen LogP contribution is 2.36. The number of anilines is 1. The average Bonchev–Trinajstić information content (AvgIpc) is 2.89. The van der Waals surface area contributed by atoms with Crippen molar-refractivity contribution in [3.8, 4) is 0 Å². The third-order valence-corrected chi connectivity index (χ3v) is 5.20. The lowest BCUT2D eigenvalue weighted by Gasteiger charge is -2.29. The Kier molecular flexibility index (Phi) is 5.01. The second-order valence-electron chi connectivity index (χ2n) is 6.56. The van der Waals surface area contributed by atoms with E-state index in [0.29, 0.717) is 17.4 Å². The number of thiophene rings is 1. The van der Waals surface area contributed by atoms with Crippen molar-refractivity contribution >= 4 is 33.3 Å². The van der Waals surface area contributed by atoms with Crippen LogP contribution in [0.5, 0.6) is 0 Å². The van der Waals surface area contributed by atoms with E-state index in [-0.39, 0.29) is 5.97 Å². The molecule has 0 radical (unpaired) electrons. The van der Waals surface area contributed by atoms with Crippen LogP contribution >= 0.6 is 11.3 Å². The fraction of sp³-hybridized carbons (Fsp3) is 0.588. The number of carbonyl (C=O) groups is 1. The number of nitrogens with zero attached hydrogens (tertiary/aromatic N) is 3. The Morgan fingerprint density at radius 3 is 2.67 bits per heavy atom. The van der Waals surface area contributed by atoms with E-state index in [9.17, 15) is 4.79 Å². The molecule has 0 aromatic carbocycles. The second kappa shape index (κ2) is 7.03. The van der Waals surface area contributed by atoms with Gasteiger partial charge in [0.1, 0.15) is 21.3 Å². The Labute approximate surface area is 146 Å². The first-order valence-electron chi connectivity index (χ1n) is 8.38. The average molecular weight is 348 g/mol. The standard InChI is InChI=1S/C17H24N4O2S/c1-10(2)9-23-17(22)14-11(3)13-15(21-7-5-18-6-8-21)19-12(4)20-16(13)24-14/h10,18H,5-9H2,1-4H3. The largest absolute Gasteiger partial charge is 0.461 e. The van der Waals surface area contributed by atoms with Gasteiger partial charge >= 0.3 is 5.97 Å². The van der Waals surface area contributed by atoms with Gasteiger partial charge in [-0.2, -0.15) is 0 Å². The molecular weight excluding hydrogens is 324 g/mol. The van der Waals surface area contributed by atoms with Gasteiger partial charge in [0.15, 0.2) is 0 Å². The summed E-state index contributed by atoms with van der Waals surface area (Å²) in [4.78, 5) is 25.4. The van der Waals surface area contributed by atoms with Crippen molar-refractivity contribution in [3.05, 3.63) is 16.3 Å². The highest BCUT2D eigenvalue weighted by Gasteiger charge is 2.24.